The number of ether oxygens (including phenoxy) is 3. The first-order chi connectivity index (χ1) is 17.1. The molecule has 182 valence electrons. The number of pyridine rings is 1. The maximum Gasteiger partial charge on any atom is 0.228 e. The number of aliphatic hydroxyl groups excluding tert-OH is 1. The highest BCUT2D eigenvalue weighted by Crippen LogP contribution is 2.39. The lowest BCUT2D eigenvalue weighted by atomic mass is 10.2. The Labute approximate surface area is 202 Å². The second kappa shape index (κ2) is 9.63. The van der Waals surface area contributed by atoms with Gasteiger partial charge in [0.15, 0.2) is 17.3 Å². The molecule has 1 unspecified atom stereocenters. The highest BCUT2D eigenvalue weighted by atomic mass is 16.5. The van der Waals surface area contributed by atoms with Crippen molar-refractivity contribution in [3.05, 3.63) is 43.0 Å². The minimum atomic E-state index is 0.0104. The molecule has 35 heavy (non-hydrogen) atoms. The van der Waals surface area contributed by atoms with Crippen molar-refractivity contribution < 1.29 is 19.3 Å². The quantitative estimate of drug-likeness (QED) is 0.392. The van der Waals surface area contributed by atoms with E-state index in [2.05, 4.69) is 15.3 Å². The Morgan fingerprint density at radius 2 is 1.89 bits per heavy atom. The van der Waals surface area contributed by atoms with Gasteiger partial charge >= 0.3 is 0 Å². The normalized spacial score (nSPS) is 15.4. The molecule has 5 rings (SSSR count). The summed E-state index contributed by atoms with van der Waals surface area (Å²) in [5.41, 5.74) is 2.14. The van der Waals surface area contributed by atoms with E-state index in [1.54, 1.807) is 33.9 Å². The lowest BCUT2D eigenvalue weighted by molar-refractivity contribution is 0.265. The summed E-state index contributed by atoms with van der Waals surface area (Å²) < 4.78 is 18.2. The number of rotatable bonds is 8. The molecule has 0 saturated carbocycles. The number of imidazole rings is 1. The molecule has 3 aromatic heterocycles. The molecule has 1 aliphatic rings. The third-order valence-corrected chi connectivity index (χ3v) is 6.06. The fourth-order valence-corrected chi connectivity index (χ4v) is 4.33. The largest absolute Gasteiger partial charge is 0.493 e. The fraction of sp³-hybridized carbons (Fsp3) is 0.333. The third-order valence-electron chi connectivity index (χ3n) is 6.06. The van der Waals surface area contributed by atoms with Crippen LogP contribution in [-0.2, 0) is 0 Å². The third kappa shape index (κ3) is 4.26. The smallest absolute Gasteiger partial charge is 0.228 e. The van der Waals surface area contributed by atoms with Gasteiger partial charge in [0, 0.05) is 24.9 Å². The summed E-state index contributed by atoms with van der Waals surface area (Å²) in [5.74, 6) is 3.30. The van der Waals surface area contributed by atoms with Gasteiger partial charge in [0.1, 0.15) is 17.7 Å². The molecule has 11 nitrogen and oxygen atoms in total. The number of fused-ring (bicyclic) bond motifs is 1. The van der Waals surface area contributed by atoms with E-state index in [0.717, 1.165) is 25.1 Å². The number of hydrogen-bond acceptors (Lipinski definition) is 10. The van der Waals surface area contributed by atoms with Crippen LogP contribution in [0.5, 0.6) is 17.2 Å². The SMILES string of the molecule is COc1cc(-n2cnc(Nc3nc(N4CCCC4CO)nc4cccnc34)c2)cc(OC)c1OC. The number of aliphatic hydroxyl groups is 1. The van der Waals surface area contributed by atoms with E-state index in [4.69, 9.17) is 24.2 Å². The van der Waals surface area contributed by atoms with Crippen molar-refractivity contribution >= 4 is 28.6 Å². The molecule has 4 heterocycles. The second-order valence-electron chi connectivity index (χ2n) is 8.09. The molecule has 0 bridgehead atoms. The van der Waals surface area contributed by atoms with Crippen LogP contribution in [0, 0.1) is 0 Å². The van der Waals surface area contributed by atoms with Gasteiger partial charge in [-0.3, -0.25) is 4.98 Å². The first kappa shape index (κ1) is 22.7. The van der Waals surface area contributed by atoms with Crippen LogP contribution in [0.15, 0.2) is 43.0 Å². The van der Waals surface area contributed by atoms with Crippen molar-refractivity contribution in [2.24, 2.45) is 0 Å². The van der Waals surface area contributed by atoms with Gasteiger partial charge in [-0.1, -0.05) is 0 Å². The van der Waals surface area contributed by atoms with Crippen LogP contribution in [0.2, 0.25) is 0 Å². The van der Waals surface area contributed by atoms with Crippen molar-refractivity contribution in [2.45, 2.75) is 18.9 Å². The number of aromatic nitrogens is 5. The minimum Gasteiger partial charge on any atom is -0.493 e. The minimum absolute atomic E-state index is 0.0104. The molecular formula is C24H27N7O4. The number of nitrogens with one attached hydrogen (secondary N) is 1. The van der Waals surface area contributed by atoms with Crippen molar-refractivity contribution in [3.8, 4) is 22.9 Å². The molecule has 2 N–H and O–H groups in total. The van der Waals surface area contributed by atoms with E-state index >= 15 is 0 Å². The van der Waals surface area contributed by atoms with Crippen LogP contribution in [0.1, 0.15) is 12.8 Å². The summed E-state index contributed by atoms with van der Waals surface area (Å²) in [6, 6.07) is 7.44. The zero-order chi connectivity index (χ0) is 24.4. The summed E-state index contributed by atoms with van der Waals surface area (Å²) >= 11 is 0. The second-order valence-corrected chi connectivity index (χ2v) is 8.09. The predicted octanol–water partition coefficient (Wildman–Crippen LogP) is 2.94. The van der Waals surface area contributed by atoms with Crippen molar-refractivity contribution in [1.82, 2.24) is 24.5 Å². The summed E-state index contributed by atoms with van der Waals surface area (Å²) in [6.45, 7) is 0.864. The van der Waals surface area contributed by atoms with Crippen molar-refractivity contribution in [1.29, 1.82) is 0 Å². The highest BCUT2D eigenvalue weighted by molar-refractivity contribution is 5.87. The summed E-state index contributed by atoms with van der Waals surface area (Å²) in [7, 11) is 4.72. The summed E-state index contributed by atoms with van der Waals surface area (Å²) in [5, 5.41) is 13.1. The van der Waals surface area contributed by atoms with Gasteiger partial charge in [-0.2, -0.15) is 4.98 Å². The lowest BCUT2D eigenvalue weighted by Crippen LogP contribution is -2.33. The Bertz CT molecular complexity index is 1320. The Morgan fingerprint density at radius 1 is 1.09 bits per heavy atom. The molecule has 1 fully saturated rings. The molecule has 0 spiro atoms. The molecule has 11 heteroatoms. The van der Waals surface area contributed by atoms with Crippen LogP contribution in [0.4, 0.5) is 17.6 Å². The van der Waals surface area contributed by atoms with Gasteiger partial charge in [0.05, 0.1) is 51.4 Å². The fourth-order valence-electron chi connectivity index (χ4n) is 4.33. The van der Waals surface area contributed by atoms with E-state index in [9.17, 15) is 5.11 Å². The predicted molar refractivity (Wildman–Crippen MR) is 131 cm³/mol. The first-order valence-electron chi connectivity index (χ1n) is 11.3. The van der Waals surface area contributed by atoms with Gasteiger partial charge in [-0.25, -0.2) is 9.97 Å². The van der Waals surface area contributed by atoms with Crippen LogP contribution >= 0.6 is 0 Å². The molecule has 0 amide bonds. The van der Waals surface area contributed by atoms with Crippen LogP contribution < -0.4 is 24.4 Å². The molecule has 0 radical (unpaired) electrons. The molecule has 1 aliphatic heterocycles. The van der Waals surface area contributed by atoms with Crippen LogP contribution in [-0.4, -0.2) is 70.1 Å². The first-order valence-corrected chi connectivity index (χ1v) is 11.3. The van der Waals surface area contributed by atoms with E-state index in [1.807, 2.05) is 39.9 Å². The van der Waals surface area contributed by atoms with Crippen molar-refractivity contribution in [3.63, 3.8) is 0 Å². The molecule has 1 atom stereocenters. The van der Waals surface area contributed by atoms with E-state index in [-0.39, 0.29) is 12.6 Å². The molecular weight excluding hydrogens is 450 g/mol. The summed E-state index contributed by atoms with van der Waals surface area (Å²) in [6.07, 6.45) is 7.12. The van der Waals surface area contributed by atoms with E-state index < -0.39 is 0 Å². The van der Waals surface area contributed by atoms with E-state index in [0.29, 0.717) is 45.9 Å². The number of benzene rings is 1. The Morgan fingerprint density at radius 3 is 2.60 bits per heavy atom. The lowest BCUT2D eigenvalue weighted by Gasteiger charge is -2.23. The average molecular weight is 478 g/mol. The average Bonchev–Trinajstić information content (AvgIpc) is 3.57. The highest BCUT2D eigenvalue weighted by Gasteiger charge is 2.27. The van der Waals surface area contributed by atoms with Gasteiger partial charge in [0.25, 0.3) is 0 Å². The van der Waals surface area contributed by atoms with Crippen LogP contribution in [0.3, 0.4) is 0 Å². The van der Waals surface area contributed by atoms with Crippen LogP contribution in [0.25, 0.3) is 16.7 Å². The van der Waals surface area contributed by atoms with Gasteiger partial charge in [0.2, 0.25) is 11.7 Å². The number of methoxy groups -OCH3 is 3. The monoisotopic (exact) mass is 477 g/mol. The van der Waals surface area contributed by atoms with Gasteiger partial charge < -0.3 is 34.1 Å². The Kier molecular flexibility index (Phi) is 6.23. The molecule has 4 aromatic rings. The number of hydrogen-bond donors (Lipinski definition) is 2. The zero-order valence-corrected chi connectivity index (χ0v) is 19.8. The van der Waals surface area contributed by atoms with E-state index in [1.165, 1.54) is 0 Å². The maximum absolute atomic E-state index is 9.77. The maximum atomic E-state index is 9.77. The van der Waals surface area contributed by atoms with Crippen molar-refractivity contribution in [2.75, 3.05) is 44.7 Å². The standard InChI is InChI=1S/C24H27N7O4/c1-33-18-10-16(11-19(34-2)22(18)35-3)30-12-20(26-14-30)28-23-21-17(7-4-8-25-21)27-24(29-23)31-9-5-6-15(31)13-32/h4,7-8,10-12,14-15,32H,5-6,9,13H2,1-3H3,(H,27,28,29). The molecule has 0 aliphatic carbocycles. The topological polar surface area (TPSA) is 120 Å². The Balaban J connectivity index is 1.50. The Hall–Kier alpha value is -4.12. The summed E-state index contributed by atoms with van der Waals surface area (Å²) in [4.78, 5) is 20.5. The van der Waals surface area contributed by atoms with Gasteiger partial charge in [-0.05, 0) is 25.0 Å². The number of anilines is 3. The molecule has 1 saturated heterocycles. The number of nitrogens with zero attached hydrogens (tertiary/aromatic N) is 6. The van der Waals surface area contributed by atoms with Gasteiger partial charge in [-0.15, -0.1) is 0 Å². The molecule has 1 aromatic carbocycles. The zero-order valence-electron chi connectivity index (χ0n) is 19.8.